The van der Waals surface area contributed by atoms with Gasteiger partial charge in [-0.3, -0.25) is 9.59 Å². The molecule has 0 aliphatic heterocycles. The zero-order valence-corrected chi connectivity index (χ0v) is 15.5. The molecule has 0 heterocycles. The van der Waals surface area contributed by atoms with Crippen LogP contribution < -0.4 is 0 Å². The molecule has 21 heavy (non-hydrogen) atoms. The number of allylic oxidation sites excluding steroid dienone is 3. The molecule has 0 bridgehead atoms. The SMILES string of the molecule is C=CCCC(CC(CC=C)(C(=O)OC)C(=O)OC)=C(Br)Br. The lowest BCUT2D eigenvalue weighted by Gasteiger charge is -2.28. The van der Waals surface area contributed by atoms with E-state index in [2.05, 4.69) is 45.0 Å². The van der Waals surface area contributed by atoms with Gasteiger partial charge < -0.3 is 9.47 Å². The van der Waals surface area contributed by atoms with Crippen molar-refractivity contribution in [2.75, 3.05) is 14.2 Å². The molecular formula is C15H20Br2O4. The van der Waals surface area contributed by atoms with Crippen molar-refractivity contribution in [2.24, 2.45) is 5.41 Å². The molecule has 0 unspecified atom stereocenters. The Bertz CT molecular complexity index is 421. The molecule has 0 aromatic carbocycles. The van der Waals surface area contributed by atoms with Crippen molar-refractivity contribution in [1.82, 2.24) is 0 Å². The van der Waals surface area contributed by atoms with E-state index in [0.717, 1.165) is 12.0 Å². The van der Waals surface area contributed by atoms with E-state index in [1.54, 1.807) is 6.08 Å². The fourth-order valence-electron chi connectivity index (χ4n) is 1.99. The van der Waals surface area contributed by atoms with Crippen LogP contribution in [0.2, 0.25) is 0 Å². The molecule has 0 aliphatic rings. The molecule has 0 aromatic rings. The summed E-state index contributed by atoms with van der Waals surface area (Å²) >= 11 is 6.70. The molecular weight excluding hydrogens is 404 g/mol. The fraction of sp³-hybridized carbons (Fsp3) is 0.467. The molecule has 0 radical (unpaired) electrons. The van der Waals surface area contributed by atoms with Crippen LogP contribution >= 0.6 is 31.9 Å². The standard InChI is InChI=1S/C15H20Br2O4/c1-5-7-8-11(12(16)17)10-15(9-6-2,13(18)20-3)14(19)21-4/h5-6H,1-2,7-10H2,3-4H3. The Kier molecular flexibility index (Phi) is 9.53. The Morgan fingerprint density at radius 2 is 1.62 bits per heavy atom. The first-order valence-electron chi connectivity index (χ1n) is 6.31. The van der Waals surface area contributed by atoms with Crippen molar-refractivity contribution in [3.05, 3.63) is 34.3 Å². The van der Waals surface area contributed by atoms with E-state index >= 15 is 0 Å². The molecule has 0 atom stereocenters. The summed E-state index contributed by atoms with van der Waals surface area (Å²) in [6.07, 6.45) is 4.98. The number of carbonyl (C=O) groups is 2. The van der Waals surface area contributed by atoms with Crippen LogP contribution in [-0.4, -0.2) is 26.2 Å². The Morgan fingerprint density at radius 1 is 1.10 bits per heavy atom. The minimum absolute atomic E-state index is 0.136. The second-order valence-corrected chi connectivity index (χ2v) is 7.08. The summed E-state index contributed by atoms with van der Waals surface area (Å²) in [5, 5.41) is 0. The average molecular weight is 424 g/mol. The summed E-state index contributed by atoms with van der Waals surface area (Å²) in [7, 11) is 2.50. The van der Waals surface area contributed by atoms with Crippen molar-refractivity contribution in [2.45, 2.75) is 25.7 Å². The van der Waals surface area contributed by atoms with Gasteiger partial charge in [-0.2, -0.15) is 0 Å². The minimum atomic E-state index is -1.42. The van der Waals surface area contributed by atoms with Crippen LogP contribution in [-0.2, 0) is 19.1 Å². The number of hydrogen-bond acceptors (Lipinski definition) is 4. The van der Waals surface area contributed by atoms with Gasteiger partial charge in [0.15, 0.2) is 5.41 Å². The summed E-state index contributed by atoms with van der Waals surface area (Å²) in [5.41, 5.74) is -0.554. The summed E-state index contributed by atoms with van der Waals surface area (Å²) in [6, 6.07) is 0. The largest absolute Gasteiger partial charge is 0.468 e. The summed E-state index contributed by atoms with van der Waals surface area (Å²) in [6.45, 7) is 7.30. The highest BCUT2D eigenvalue weighted by Gasteiger charge is 2.48. The van der Waals surface area contributed by atoms with Crippen molar-refractivity contribution in [3.63, 3.8) is 0 Å². The van der Waals surface area contributed by atoms with E-state index in [4.69, 9.17) is 9.47 Å². The lowest BCUT2D eigenvalue weighted by molar-refractivity contribution is -0.169. The first kappa shape index (κ1) is 20.1. The Balaban J connectivity index is 5.71. The number of rotatable bonds is 9. The van der Waals surface area contributed by atoms with Gasteiger partial charge in [0.25, 0.3) is 0 Å². The number of methoxy groups -OCH3 is 2. The molecule has 0 spiro atoms. The second kappa shape index (κ2) is 9.95. The maximum Gasteiger partial charge on any atom is 0.323 e. The molecule has 0 aliphatic carbocycles. The van der Waals surface area contributed by atoms with E-state index in [1.165, 1.54) is 20.3 Å². The van der Waals surface area contributed by atoms with Crippen molar-refractivity contribution >= 4 is 43.8 Å². The summed E-state index contributed by atoms with van der Waals surface area (Å²) in [5.74, 6) is -1.27. The maximum atomic E-state index is 12.2. The predicted molar refractivity (Wildman–Crippen MR) is 90.2 cm³/mol. The summed E-state index contributed by atoms with van der Waals surface area (Å²) < 4.78 is 10.3. The highest BCUT2D eigenvalue weighted by atomic mass is 79.9. The van der Waals surface area contributed by atoms with E-state index in [-0.39, 0.29) is 12.8 Å². The lowest BCUT2D eigenvalue weighted by atomic mass is 9.78. The third-order valence-electron chi connectivity index (χ3n) is 3.08. The number of carbonyl (C=O) groups excluding carboxylic acids is 2. The van der Waals surface area contributed by atoms with Gasteiger partial charge in [0.2, 0.25) is 0 Å². The quantitative estimate of drug-likeness (QED) is 0.316. The Labute approximate surface area is 142 Å². The zero-order valence-electron chi connectivity index (χ0n) is 12.3. The third-order valence-corrected chi connectivity index (χ3v) is 4.20. The van der Waals surface area contributed by atoms with Crippen LogP contribution in [0.4, 0.5) is 0 Å². The predicted octanol–water partition coefficient (Wildman–Crippen LogP) is 4.25. The van der Waals surface area contributed by atoms with E-state index in [0.29, 0.717) is 9.81 Å². The van der Waals surface area contributed by atoms with Crippen LogP contribution in [0, 0.1) is 5.41 Å². The molecule has 118 valence electrons. The second-order valence-electron chi connectivity index (χ2n) is 4.43. The van der Waals surface area contributed by atoms with Gasteiger partial charge in [0, 0.05) is 0 Å². The Hall–Kier alpha value is -0.880. The smallest absolute Gasteiger partial charge is 0.323 e. The minimum Gasteiger partial charge on any atom is -0.468 e. The van der Waals surface area contributed by atoms with Crippen LogP contribution in [0.1, 0.15) is 25.7 Å². The first-order valence-corrected chi connectivity index (χ1v) is 7.89. The highest BCUT2D eigenvalue weighted by Crippen LogP contribution is 2.38. The number of halogens is 2. The molecule has 6 heteroatoms. The van der Waals surface area contributed by atoms with Gasteiger partial charge >= 0.3 is 11.9 Å². The molecule has 0 saturated carbocycles. The van der Waals surface area contributed by atoms with Gasteiger partial charge in [-0.05, 0) is 63.1 Å². The van der Waals surface area contributed by atoms with Crippen molar-refractivity contribution in [1.29, 1.82) is 0 Å². The normalized spacial score (nSPS) is 10.5. The zero-order chi connectivity index (χ0) is 16.5. The first-order chi connectivity index (χ1) is 9.89. The lowest BCUT2D eigenvalue weighted by Crippen LogP contribution is -2.41. The highest BCUT2D eigenvalue weighted by molar-refractivity contribution is 9.28. The van der Waals surface area contributed by atoms with Crippen LogP contribution in [0.5, 0.6) is 0 Å². The van der Waals surface area contributed by atoms with Crippen LogP contribution in [0.25, 0.3) is 0 Å². The molecule has 0 amide bonds. The van der Waals surface area contributed by atoms with Crippen LogP contribution in [0.3, 0.4) is 0 Å². The van der Waals surface area contributed by atoms with Gasteiger partial charge in [0.1, 0.15) is 0 Å². The average Bonchev–Trinajstić information content (AvgIpc) is 2.48. The number of hydrogen-bond donors (Lipinski definition) is 0. The van der Waals surface area contributed by atoms with Crippen molar-refractivity contribution < 1.29 is 19.1 Å². The van der Waals surface area contributed by atoms with Gasteiger partial charge in [-0.25, -0.2) is 0 Å². The van der Waals surface area contributed by atoms with Crippen molar-refractivity contribution in [3.8, 4) is 0 Å². The molecule has 0 aromatic heterocycles. The van der Waals surface area contributed by atoms with Gasteiger partial charge in [-0.15, -0.1) is 13.2 Å². The van der Waals surface area contributed by atoms with E-state index < -0.39 is 17.4 Å². The monoisotopic (exact) mass is 422 g/mol. The molecule has 0 rings (SSSR count). The molecule has 0 saturated heterocycles. The number of ether oxygens (including phenoxy) is 2. The van der Waals surface area contributed by atoms with Gasteiger partial charge in [0.05, 0.1) is 17.6 Å². The van der Waals surface area contributed by atoms with Gasteiger partial charge in [-0.1, -0.05) is 12.2 Å². The van der Waals surface area contributed by atoms with Crippen LogP contribution in [0.15, 0.2) is 34.3 Å². The molecule has 0 fully saturated rings. The fourth-order valence-corrected chi connectivity index (χ4v) is 2.67. The maximum absolute atomic E-state index is 12.2. The topological polar surface area (TPSA) is 52.6 Å². The van der Waals surface area contributed by atoms with E-state index in [1.807, 2.05) is 0 Å². The molecule has 4 nitrogen and oxygen atoms in total. The molecule has 0 N–H and O–H groups in total. The number of esters is 2. The van der Waals surface area contributed by atoms with E-state index in [9.17, 15) is 9.59 Å². The summed E-state index contributed by atoms with van der Waals surface area (Å²) in [4.78, 5) is 24.4. The Morgan fingerprint density at radius 3 is 1.95 bits per heavy atom. The third kappa shape index (κ3) is 5.43.